The van der Waals surface area contributed by atoms with Crippen LogP contribution in [0.5, 0.6) is 0 Å². The largest absolute Gasteiger partial charge is 0.338 e. The molecule has 2 aromatic heterocycles. The summed E-state index contributed by atoms with van der Waals surface area (Å²) in [5.41, 5.74) is 4.13. The number of piperidine rings is 1. The number of nitrogens with zero attached hydrogens (tertiary/aromatic N) is 4. The normalized spacial score (nSPS) is 15.4. The highest BCUT2D eigenvalue weighted by Crippen LogP contribution is 2.36. The fourth-order valence-electron chi connectivity index (χ4n) is 4.13. The Balaban J connectivity index is 1.52. The molecule has 0 bridgehead atoms. The Hall–Kier alpha value is -3.52. The number of hydrogen-bond acceptors (Lipinski definition) is 4. The predicted octanol–water partition coefficient (Wildman–Crippen LogP) is 4.44. The van der Waals surface area contributed by atoms with E-state index in [9.17, 15) is 10.1 Å². The van der Waals surface area contributed by atoms with Crippen LogP contribution in [-0.2, 0) is 6.42 Å². The van der Waals surface area contributed by atoms with Crippen molar-refractivity contribution in [2.75, 3.05) is 13.1 Å². The molecule has 1 fully saturated rings. The van der Waals surface area contributed by atoms with E-state index in [1.807, 2.05) is 35.2 Å². The van der Waals surface area contributed by atoms with Gasteiger partial charge in [-0.3, -0.25) is 14.8 Å². The van der Waals surface area contributed by atoms with Gasteiger partial charge in [0.25, 0.3) is 5.91 Å². The van der Waals surface area contributed by atoms with Crippen LogP contribution in [0.15, 0.2) is 67.1 Å². The van der Waals surface area contributed by atoms with Crippen molar-refractivity contribution in [3.05, 3.63) is 83.8 Å². The number of aryl methyl sites for hydroxylation is 1. The van der Waals surface area contributed by atoms with E-state index in [2.05, 4.69) is 35.1 Å². The molecule has 0 radical (unpaired) electrons. The minimum absolute atomic E-state index is 0.0302. The lowest BCUT2D eigenvalue weighted by Gasteiger charge is -2.38. The maximum Gasteiger partial charge on any atom is 0.256 e. The van der Waals surface area contributed by atoms with E-state index in [-0.39, 0.29) is 5.91 Å². The quantitative estimate of drug-likeness (QED) is 0.654. The Morgan fingerprint density at radius 2 is 1.80 bits per heavy atom. The van der Waals surface area contributed by atoms with Crippen LogP contribution in [0, 0.1) is 23.7 Å². The number of nitriles is 1. The molecule has 0 N–H and O–H groups in total. The van der Waals surface area contributed by atoms with Crippen molar-refractivity contribution >= 4 is 5.91 Å². The zero-order valence-corrected chi connectivity index (χ0v) is 17.1. The van der Waals surface area contributed by atoms with E-state index in [0.717, 1.165) is 12.0 Å². The third-order valence-electron chi connectivity index (χ3n) is 6.03. The number of benzene rings is 1. The molecular formula is C25H24N4O. The minimum atomic E-state index is -0.425. The second-order valence-electron chi connectivity index (χ2n) is 7.92. The fourth-order valence-corrected chi connectivity index (χ4v) is 4.13. The van der Waals surface area contributed by atoms with Crippen LogP contribution in [0.25, 0.3) is 11.3 Å². The first kappa shape index (κ1) is 19.8. The smallest absolute Gasteiger partial charge is 0.256 e. The molecule has 30 heavy (non-hydrogen) atoms. The predicted molar refractivity (Wildman–Crippen MR) is 116 cm³/mol. The van der Waals surface area contributed by atoms with E-state index in [0.29, 0.717) is 37.2 Å². The molecule has 0 saturated carbocycles. The van der Waals surface area contributed by atoms with E-state index in [1.165, 1.54) is 11.1 Å². The van der Waals surface area contributed by atoms with Gasteiger partial charge in [-0.2, -0.15) is 5.26 Å². The van der Waals surface area contributed by atoms with Crippen LogP contribution in [0.3, 0.4) is 0 Å². The van der Waals surface area contributed by atoms with Crippen molar-refractivity contribution < 1.29 is 4.79 Å². The molecule has 1 aliphatic heterocycles. The molecule has 0 aliphatic carbocycles. The second kappa shape index (κ2) is 8.46. The van der Waals surface area contributed by atoms with E-state index < -0.39 is 5.41 Å². The van der Waals surface area contributed by atoms with Crippen molar-refractivity contribution in [2.45, 2.75) is 26.2 Å². The van der Waals surface area contributed by atoms with Gasteiger partial charge in [-0.1, -0.05) is 24.3 Å². The van der Waals surface area contributed by atoms with Crippen molar-refractivity contribution in [2.24, 2.45) is 5.41 Å². The number of rotatable bonds is 4. The summed E-state index contributed by atoms with van der Waals surface area (Å²) in [6.07, 6.45) is 7.18. The molecule has 1 amide bonds. The van der Waals surface area contributed by atoms with Gasteiger partial charge in [0.05, 0.1) is 22.7 Å². The van der Waals surface area contributed by atoms with Gasteiger partial charge < -0.3 is 4.90 Å². The van der Waals surface area contributed by atoms with Crippen LogP contribution < -0.4 is 0 Å². The van der Waals surface area contributed by atoms with Crippen molar-refractivity contribution in [1.82, 2.24) is 14.9 Å². The molecule has 3 heterocycles. The summed E-state index contributed by atoms with van der Waals surface area (Å²) in [6.45, 7) is 3.23. The average molecular weight is 396 g/mol. The summed E-state index contributed by atoms with van der Waals surface area (Å²) < 4.78 is 0. The topological polar surface area (TPSA) is 69.9 Å². The molecule has 5 nitrogen and oxygen atoms in total. The highest BCUT2D eigenvalue weighted by atomic mass is 16.2. The first-order valence-corrected chi connectivity index (χ1v) is 10.2. The van der Waals surface area contributed by atoms with Crippen molar-refractivity contribution in [3.8, 4) is 17.3 Å². The van der Waals surface area contributed by atoms with Crippen LogP contribution in [0.1, 0.15) is 34.3 Å². The molecule has 1 aromatic carbocycles. The molecule has 0 atom stereocenters. The molecule has 4 rings (SSSR count). The Labute approximate surface area is 177 Å². The fraction of sp³-hybridized carbons (Fsp3) is 0.280. The first-order valence-electron chi connectivity index (χ1n) is 10.2. The lowest BCUT2D eigenvalue weighted by Crippen LogP contribution is -2.43. The second-order valence-corrected chi connectivity index (χ2v) is 7.92. The van der Waals surface area contributed by atoms with E-state index >= 15 is 0 Å². The monoisotopic (exact) mass is 396 g/mol. The third kappa shape index (κ3) is 3.95. The first-order chi connectivity index (χ1) is 14.6. The third-order valence-corrected chi connectivity index (χ3v) is 6.03. The lowest BCUT2D eigenvalue weighted by atomic mass is 9.74. The summed E-state index contributed by atoms with van der Waals surface area (Å²) >= 11 is 0. The standard InChI is InChI=1S/C25H24N4O/c1-19-5-2-3-6-21(19)17-25(18-26)10-15-29(16-11-25)24(30)22-7-4-12-28-23(22)20-8-13-27-14-9-20/h2-9,12-14H,10-11,15-17H2,1H3. The van der Waals surface area contributed by atoms with Gasteiger partial charge in [0.1, 0.15) is 0 Å². The summed E-state index contributed by atoms with van der Waals surface area (Å²) in [4.78, 5) is 23.6. The molecule has 1 saturated heterocycles. The minimum Gasteiger partial charge on any atom is -0.338 e. The van der Waals surface area contributed by atoms with Gasteiger partial charge in [-0.05, 0) is 61.6 Å². The number of hydrogen-bond donors (Lipinski definition) is 0. The lowest BCUT2D eigenvalue weighted by molar-refractivity contribution is 0.0647. The Morgan fingerprint density at radius 1 is 1.07 bits per heavy atom. The molecule has 5 heteroatoms. The van der Waals surface area contributed by atoms with Gasteiger partial charge in [0.15, 0.2) is 0 Å². The number of likely N-dealkylation sites (tertiary alicyclic amines) is 1. The molecule has 0 spiro atoms. The van der Waals surface area contributed by atoms with Crippen LogP contribution in [-0.4, -0.2) is 33.9 Å². The molecule has 0 unspecified atom stereocenters. The zero-order chi connectivity index (χ0) is 21.0. The Bertz CT molecular complexity index is 1080. The summed E-state index contributed by atoms with van der Waals surface area (Å²) in [5, 5.41) is 9.96. The molecule has 1 aliphatic rings. The van der Waals surface area contributed by atoms with Crippen LogP contribution >= 0.6 is 0 Å². The summed E-state index contributed by atoms with van der Waals surface area (Å²) in [7, 11) is 0. The SMILES string of the molecule is Cc1ccccc1CC1(C#N)CCN(C(=O)c2cccnc2-c2ccncc2)CC1. The highest BCUT2D eigenvalue weighted by molar-refractivity contribution is 5.99. The van der Waals surface area contributed by atoms with Gasteiger partial charge in [0, 0.05) is 37.2 Å². The summed E-state index contributed by atoms with van der Waals surface area (Å²) in [5.74, 6) is -0.0302. The molecule has 150 valence electrons. The maximum atomic E-state index is 13.3. The number of carbonyl (C=O) groups is 1. The number of amides is 1. The number of pyridine rings is 2. The van der Waals surface area contributed by atoms with Crippen LogP contribution in [0.2, 0.25) is 0 Å². The Morgan fingerprint density at radius 3 is 2.50 bits per heavy atom. The average Bonchev–Trinajstić information content (AvgIpc) is 2.81. The maximum absolute atomic E-state index is 13.3. The molecular weight excluding hydrogens is 372 g/mol. The van der Waals surface area contributed by atoms with Crippen LogP contribution in [0.4, 0.5) is 0 Å². The van der Waals surface area contributed by atoms with E-state index in [4.69, 9.17) is 0 Å². The number of carbonyl (C=O) groups excluding carboxylic acids is 1. The highest BCUT2D eigenvalue weighted by Gasteiger charge is 2.37. The van der Waals surface area contributed by atoms with E-state index in [1.54, 1.807) is 24.7 Å². The van der Waals surface area contributed by atoms with Crippen molar-refractivity contribution in [1.29, 1.82) is 5.26 Å². The van der Waals surface area contributed by atoms with Gasteiger partial charge >= 0.3 is 0 Å². The van der Waals surface area contributed by atoms with Gasteiger partial charge in [-0.25, -0.2) is 0 Å². The summed E-state index contributed by atoms with van der Waals surface area (Å²) in [6, 6.07) is 18.1. The van der Waals surface area contributed by atoms with Gasteiger partial charge in [-0.15, -0.1) is 0 Å². The van der Waals surface area contributed by atoms with Gasteiger partial charge in [0.2, 0.25) is 0 Å². The Kier molecular flexibility index (Phi) is 5.58. The molecule has 3 aromatic rings. The number of aromatic nitrogens is 2. The van der Waals surface area contributed by atoms with Crippen molar-refractivity contribution in [3.63, 3.8) is 0 Å². The zero-order valence-electron chi connectivity index (χ0n) is 17.1.